The van der Waals surface area contributed by atoms with Crippen LogP contribution in [0.2, 0.25) is 5.02 Å². The first-order valence-electron chi connectivity index (χ1n) is 6.95. The Morgan fingerprint density at radius 3 is 2.57 bits per heavy atom. The predicted octanol–water partition coefficient (Wildman–Crippen LogP) is 3.55. The highest BCUT2D eigenvalue weighted by molar-refractivity contribution is 6.30. The normalized spacial score (nSPS) is 11.3. The number of aromatic nitrogens is 2. The molecule has 21 heavy (non-hydrogen) atoms. The molecule has 1 heterocycles. The smallest absolute Gasteiger partial charge is 0.294 e. The van der Waals surface area contributed by atoms with Gasteiger partial charge in [0, 0.05) is 12.6 Å². The van der Waals surface area contributed by atoms with Crippen molar-refractivity contribution in [3.05, 3.63) is 45.1 Å². The SMILES string of the molecule is CCCn1c(C(C)C)c(N)c(=O)n1-c1ccc(Cl)c(F)c1. The van der Waals surface area contributed by atoms with E-state index in [0.29, 0.717) is 12.2 Å². The van der Waals surface area contributed by atoms with Gasteiger partial charge >= 0.3 is 0 Å². The van der Waals surface area contributed by atoms with Gasteiger partial charge in [-0.25, -0.2) is 9.07 Å². The van der Waals surface area contributed by atoms with Crippen molar-refractivity contribution in [2.24, 2.45) is 0 Å². The van der Waals surface area contributed by atoms with E-state index in [-0.39, 0.29) is 22.2 Å². The van der Waals surface area contributed by atoms with Crippen LogP contribution in [0.25, 0.3) is 5.69 Å². The van der Waals surface area contributed by atoms with Crippen molar-refractivity contribution < 1.29 is 4.39 Å². The summed E-state index contributed by atoms with van der Waals surface area (Å²) in [5.41, 5.74) is 7.06. The first-order valence-corrected chi connectivity index (χ1v) is 7.32. The Morgan fingerprint density at radius 1 is 1.38 bits per heavy atom. The van der Waals surface area contributed by atoms with Gasteiger partial charge in [0.2, 0.25) is 0 Å². The highest BCUT2D eigenvalue weighted by Gasteiger charge is 2.21. The average molecular weight is 312 g/mol. The van der Waals surface area contributed by atoms with Crippen molar-refractivity contribution in [3.8, 4) is 5.69 Å². The Bertz CT molecular complexity index is 718. The molecule has 2 rings (SSSR count). The van der Waals surface area contributed by atoms with Crippen LogP contribution in [0.15, 0.2) is 23.0 Å². The molecule has 0 bridgehead atoms. The third kappa shape index (κ3) is 2.70. The fraction of sp³-hybridized carbons (Fsp3) is 0.400. The molecule has 2 aromatic rings. The second-order valence-corrected chi connectivity index (χ2v) is 5.70. The lowest BCUT2D eigenvalue weighted by molar-refractivity contribution is 0.501. The van der Waals surface area contributed by atoms with Gasteiger partial charge < -0.3 is 5.73 Å². The Balaban J connectivity index is 2.75. The molecule has 4 nitrogen and oxygen atoms in total. The first kappa shape index (κ1) is 15.6. The number of halogens is 2. The van der Waals surface area contributed by atoms with Gasteiger partial charge in [-0.2, -0.15) is 0 Å². The molecule has 114 valence electrons. The molecule has 0 atom stereocenters. The van der Waals surface area contributed by atoms with Gasteiger partial charge in [0.25, 0.3) is 5.56 Å². The first-order chi connectivity index (χ1) is 9.88. The summed E-state index contributed by atoms with van der Waals surface area (Å²) in [5, 5.41) is 0.0254. The number of hydrogen-bond acceptors (Lipinski definition) is 2. The molecule has 0 aliphatic heterocycles. The Hall–Kier alpha value is -1.75. The Morgan fingerprint density at radius 2 is 2.05 bits per heavy atom. The predicted molar refractivity (Wildman–Crippen MR) is 83.8 cm³/mol. The topological polar surface area (TPSA) is 52.9 Å². The monoisotopic (exact) mass is 311 g/mol. The highest BCUT2D eigenvalue weighted by Crippen LogP contribution is 2.24. The Labute approximate surface area is 127 Å². The number of nitrogens with zero attached hydrogens (tertiary/aromatic N) is 2. The molecule has 0 radical (unpaired) electrons. The summed E-state index contributed by atoms with van der Waals surface area (Å²) < 4.78 is 16.9. The quantitative estimate of drug-likeness (QED) is 0.939. The molecule has 0 saturated heterocycles. The van der Waals surface area contributed by atoms with Gasteiger partial charge in [-0.05, 0) is 24.5 Å². The minimum absolute atomic E-state index is 0.0254. The van der Waals surface area contributed by atoms with E-state index in [0.717, 1.165) is 12.1 Å². The van der Waals surface area contributed by atoms with Gasteiger partial charge in [-0.15, -0.1) is 0 Å². The summed E-state index contributed by atoms with van der Waals surface area (Å²) >= 11 is 5.70. The van der Waals surface area contributed by atoms with Crippen molar-refractivity contribution in [2.45, 2.75) is 39.7 Å². The van der Waals surface area contributed by atoms with Crippen molar-refractivity contribution in [1.29, 1.82) is 0 Å². The van der Waals surface area contributed by atoms with Crippen LogP contribution in [0.1, 0.15) is 38.8 Å². The zero-order valence-corrected chi connectivity index (χ0v) is 13.1. The van der Waals surface area contributed by atoms with Crippen molar-refractivity contribution in [1.82, 2.24) is 9.36 Å². The van der Waals surface area contributed by atoms with Crippen molar-refractivity contribution >= 4 is 17.3 Å². The zero-order chi connectivity index (χ0) is 15.7. The van der Waals surface area contributed by atoms with Crippen molar-refractivity contribution in [3.63, 3.8) is 0 Å². The van der Waals surface area contributed by atoms with E-state index >= 15 is 0 Å². The lowest BCUT2D eigenvalue weighted by Crippen LogP contribution is -2.22. The van der Waals surface area contributed by atoms with Gasteiger partial charge in [0.05, 0.1) is 16.4 Å². The van der Waals surface area contributed by atoms with E-state index in [1.54, 1.807) is 6.07 Å². The maximum absolute atomic E-state index is 13.7. The molecule has 0 aliphatic carbocycles. The standard InChI is InChI=1S/C15H19ClFN3O/c1-4-7-19-14(9(2)3)13(18)15(21)20(19)10-5-6-11(16)12(17)8-10/h5-6,8-9H,4,7,18H2,1-3H3. The van der Waals surface area contributed by atoms with Gasteiger partial charge in [0.15, 0.2) is 0 Å². The zero-order valence-electron chi connectivity index (χ0n) is 12.4. The van der Waals surface area contributed by atoms with Crippen LogP contribution in [0.5, 0.6) is 0 Å². The number of anilines is 1. The van der Waals surface area contributed by atoms with Crippen LogP contribution in [-0.2, 0) is 6.54 Å². The van der Waals surface area contributed by atoms with E-state index in [4.69, 9.17) is 17.3 Å². The molecule has 0 aliphatic rings. The van der Waals surface area contributed by atoms with E-state index < -0.39 is 5.82 Å². The number of nitrogen functional groups attached to an aromatic ring is 1. The van der Waals surface area contributed by atoms with E-state index in [9.17, 15) is 9.18 Å². The summed E-state index contributed by atoms with van der Waals surface area (Å²) in [6.45, 7) is 6.59. The number of nitrogens with two attached hydrogens (primary N) is 1. The van der Waals surface area contributed by atoms with E-state index in [2.05, 4.69) is 0 Å². The minimum Gasteiger partial charge on any atom is -0.393 e. The number of benzene rings is 1. The number of rotatable bonds is 4. The third-order valence-electron chi connectivity index (χ3n) is 3.35. The largest absolute Gasteiger partial charge is 0.393 e. The molecule has 0 saturated carbocycles. The summed E-state index contributed by atoms with van der Waals surface area (Å²) in [6.07, 6.45) is 0.837. The Kier molecular flexibility index (Phi) is 4.42. The molecule has 1 aromatic carbocycles. The molecular formula is C15H19ClFN3O. The molecular weight excluding hydrogens is 293 g/mol. The molecule has 0 amide bonds. The van der Waals surface area contributed by atoms with Crippen LogP contribution in [-0.4, -0.2) is 9.36 Å². The van der Waals surface area contributed by atoms with Crippen LogP contribution < -0.4 is 11.3 Å². The maximum atomic E-state index is 13.7. The summed E-state index contributed by atoms with van der Waals surface area (Å²) in [5.74, 6) is -0.461. The maximum Gasteiger partial charge on any atom is 0.294 e. The fourth-order valence-corrected chi connectivity index (χ4v) is 2.61. The molecule has 2 N–H and O–H groups in total. The minimum atomic E-state index is -0.560. The van der Waals surface area contributed by atoms with Crippen LogP contribution >= 0.6 is 11.6 Å². The van der Waals surface area contributed by atoms with Gasteiger partial charge in [-0.3, -0.25) is 9.48 Å². The van der Waals surface area contributed by atoms with Crippen LogP contribution in [0, 0.1) is 5.82 Å². The summed E-state index contributed by atoms with van der Waals surface area (Å²) in [4.78, 5) is 12.4. The summed E-state index contributed by atoms with van der Waals surface area (Å²) in [6, 6.07) is 4.30. The second kappa shape index (κ2) is 5.93. The second-order valence-electron chi connectivity index (χ2n) is 5.29. The highest BCUT2D eigenvalue weighted by atomic mass is 35.5. The van der Waals surface area contributed by atoms with E-state index in [1.165, 1.54) is 16.8 Å². The fourth-order valence-electron chi connectivity index (χ4n) is 2.49. The molecule has 0 unspecified atom stereocenters. The van der Waals surface area contributed by atoms with Gasteiger partial charge in [0.1, 0.15) is 11.5 Å². The molecule has 1 aromatic heterocycles. The summed E-state index contributed by atoms with van der Waals surface area (Å²) in [7, 11) is 0. The van der Waals surface area contributed by atoms with Crippen LogP contribution in [0.4, 0.5) is 10.1 Å². The average Bonchev–Trinajstić information content (AvgIpc) is 2.66. The lowest BCUT2D eigenvalue weighted by Gasteiger charge is -2.16. The van der Waals surface area contributed by atoms with E-state index in [1.807, 2.05) is 25.5 Å². The number of hydrogen-bond donors (Lipinski definition) is 1. The molecule has 0 spiro atoms. The molecule has 0 fully saturated rings. The molecule has 6 heteroatoms. The lowest BCUT2D eigenvalue weighted by atomic mass is 10.1. The van der Waals surface area contributed by atoms with Crippen LogP contribution in [0.3, 0.4) is 0 Å². The third-order valence-corrected chi connectivity index (χ3v) is 3.65. The van der Waals surface area contributed by atoms with Crippen molar-refractivity contribution in [2.75, 3.05) is 5.73 Å². The van der Waals surface area contributed by atoms with Gasteiger partial charge in [-0.1, -0.05) is 32.4 Å².